The van der Waals surface area contributed by atoms with Gasteiger partial charge in [0.15, 0.2) is 11.7 Å². The molecule has 0 aliphatic heterocycles. The average Bonchev–Trinajstić information content (AvgIpc) is 3.34. The SMILES string of the molecule is CN=C(NCc1ccc(NC(=O)c2ccco2)cc1)NCc1nc(C)c(C)s1. The van der Waals surface area contributed by atoms with Crippen LogP contribution in [0.25, 0.3) is 0 Å². The highest BCUT2D eigenvalue weighted by atomic mass is 32.1. The molecule has 1 amide bonds. The Bertz CT molecular complexity index is 926. The number of amides is 1. The van der Waals surface area contributed by atoms with Crippen LogP contribution in [0.1, 0.15) is 31.7 Å². The van der Waals surface area contributed by atoms with Crippen molar-refractivity contribution in [2.24, 2.45) is 4.99 Å². The van der Waals surface area contributed by atoms with Gasteiger partial charge in [-0.3, -0.25) is 9.79 Å². The lowest BCUT2D eigenvalue weighted by molar-refractivity contribution is 0.0996. The smallest absolute Gasteiger partial charge is 0.291 e. The molecule has 28 heavy (non-hydrogen) atoms. The summed E-state index contributed by atoms with van der Waals surface area (Å²) in [6.07, 6.45) is 1.47. The van der Waals surface area contributed by atoms with Crippen molar-refractivity contribution in [1.82, 2.24) is 15.6 Å². The molecule has 0 fully saturated rings. The molecule has 7 nitrogen and oxygen atoms in total. The summed E-state index contributed by atoms with van der Waals surface area (Å²) in [7, 11) is 1.74. The molecule has 3 N–H and O–H groups in total. The molecule has 1 aromatic carbocycles. The summed E-state index contributed by atoms with van der Waals surface area (Å²) in [4.78, 5) is 22.0. The van der Waals surface area contributed by atoms with E-state index in [4.69, 9.17) is 4.42 Å². The quantitative estimate of drug-likeness (QED) is 0.438. The minimum Gasteiger partial charge on any atom is -0.459 e. The van der Waals surface area contributed by atoms with Gasteiger partial charge in [-0.1, -0.05) is 12.1 Å². The van der Waals surface area contributed by atoms with E-state index in [1.807, 2.05) is 31.2 Å². The number of benzene rings is 1. The van der Waals surface area contributed by atoms with Crippen molar-refractivity contribution in [3.63, 3.8) is 0 Å². The number of carbonyl (C=O) groups excluding carboxylic acids is 1. The van der Waals surface area contributed by atoms with Crippen molar-refractivity contribution < 1.29 is 9.21 Å². The third-order valence-corrected chi connectivity index (χ3v) is 5.19. The predicted octanol–water partition coefficient (Wildman–Crippen LogP) is 3.47. The van der Waals surface area contributed by atoms with Crippen LogP contribution in [0.5, 0.6) is 0 Å². The molecule has 2 aromatic heterocycles. The molecule has 0 aliphatic carbocycles. The second-order valence-corrected chi connectivity index (χ2v) is 7.44. The molecule has 146 valence electrons. The highest BCUT2D eigenvalue weighted by Crippen LogP contribution is 2.16. The zero-order chi connectivity index (χ0) is 19.9. The number of aryl methyl sites for hydroxylation is 2. The highest BCUT2D eigenvalue weighted by molar-refractivity contribution is 7.11. The van der Waals surface area contributed by atoms with E-state index in [-0.39, 0.29) is 11.7 Å². The number of hydrogen-bond acceptors (Lipinski definition) is 5. The van der Waals surface area contributed by atoms with Gasteiger partial charge in [0.1, 0.15) is 5.01 Å². The van der Waals surface area contributed by atoms with E-state index in [2.05, 4.69) is 32.9 Å². The number of furan rings is 1. The first-order valence-electron chi connectivity index (χ1n) is 8.86. The molecule has 0 saturated heterocycles. The maximum Gasteiger partial charge on any atom is 0.291 e. The Morgan fingerprint density at radius 1 is 1.14 bits per heavy atom. The number of anilines is 1. The minimum atomic E-state index is -0.270. The van der Waals surface area contributed by atoms with E-state index < -0.39 is 0 Å². The van der Waals surface area contributed by atoms with Crippen molar-refractivity contribution in [3.05, 3.63) is 69.6 Å². The number of nitrogens with one attached hydrogen (secondary N) is 3. The fourth-order valence-corrected chi connectivity index (χ4v) is 3.36. The molecule has 0 radical (unpaired) electrons. The van der Waals surface area contributed by atoms with Crippen LogP contribution in [0, 0.1) is 13.8 Å². The molecule has 0 saturated carbocycles. The molecule has 8 heteroatoms. The average molecular weight is 398 g/mol. The number of carbonyl (C=O) groups is 1. The summed E-state index contributed by atoms with van der Waals surface area (Å²) in [5, 5.41) is 10.4. The van der Waals surface area contributed by atoms with Gasteiger partial charge in [-0.25, -0.2) is 4.98 Å². The van der Waals surface area contributed by atoms with E-state index in [9.17, 15) is 4.79 Å². The summed E-state index contributed by atoms with van der Waals surface area (Å²) in [5.41, 5.74) is 2.85. The first-order valence-corrected chi connectivity index (χ1v) is 9.68. The van der Waals surface area contributed by atoms with Crippen LogP contribution in [0.15, 0.2) is 52.1 Å². The lowest BCUT2D eigenvalue weighted by Gasteiger charge is -2.11. The molecule has 0 bridgehead atoms. The van der Waals surface area contributed by atoms with Gasteiger partial charge in [0, 0.05) is 24.2 Å². The van der Waals surface area contributed by atoms with E-state index in [1.165, 1.54) is 11.1 Å². The van der Waals surface area contributed by atoms with Gasteiger partial charge in [-0.15, -0.1) is 11.3 Å². The molecule has 3 rings (SSSR count). The second-order valence-electron chi connectivity index (χ2n) is 6.16. The molecule has 0 atom stereocenters. The van der Waals surface area contributed by atoms with Crippen LogP contribution in [-0.4, -0.2) is 23.9 Å². The molecule has 0 spiro atoms. The second kappa shape index (κ2) is 9.18. The number of rotatable bonds is 6. The van der Waals surface area contributed by atoms with Crippen LogP contribution in [-0.2, 0) is 13.1 Å². The monoisotopic (exact) mass is 397 g/mol. The topological polar surface area (TPSA) is 91.5 Å². The summed E-state index contributed by atoms with van der Waals surface area (Å²) in [5.74, 6) is 0.722. The summed E-state index contributed by atoms with van der Waals surface area (Å²) < 4.78 is 5.09. The number of aromatic nitrogens is 1. The number of guanidine groups is 1. The van der Waals surface area contributed by atoms with Crippen molar-refractivity contribution in [2.75, 3.05) is 12.4 Å². The zero-order valence-corrected chi connectivity index (χ0v) is 16.9. The van der Waals surface area contributed by atoms with Crippen molar-refractivity contribution in [1.29, 1.82) is 0 Å². The fourth-order valence-electron chi connectivity index (χ4n) is 2.49. The summed E-state index contributed by atoms with van der Waals surface area (Å²) >= 11 is 1.69. The summed E-state index contributed by atoms with van der Waals surface area (Å²) in [6, 6.07) is 10.9. The van der Waals surface area contributed by atoms with E-state index in [0.29, 0.717) is 24.7 Å². The highest BCUT2D eigenvalue weighted by Gasteiger charge is 2.08. The zero-order valence-electron chi connectivity index (χ0n) is 16.1. The van der Waals surface area contributed by atoms with Gasteiger partial charge in [0.2, 0.25) is 0 Å². The number of aliphatic imine (C=N–C) groups is 1. The Labute approximate surface area is 167 Å². The van der Waals surface area contributed by atoms with Crippen molar-refractivity contribution in [3.8, 4) is 0 Å². The number of thiazole rings is 1. The summed E-state index contributed by atoms with van der Waals surface area (Å²) in [6.45, 7) is 5.34. The third kappa shape index (κ3) is 5.20. The van der Waals surface area contributed by atoms with Crippen molar-refractivity contribution >= 4 is 28.9 Å². The van der Waals surface area contributed by atoms with Crippen molar-refractivity contribution in [2.45, 2.75) is 26.9 Å². The standard InChI is InChI=1S/C20H23N5O2S/c1-13-14(2)28-18(24-13)12-23-20(21-3)22-11-15-6-8-16(9-7-15)25-19(26)17-5-4-10-27-17/h4-10H,11-12H2,1-3H3,(H,25,26)(H2,21,22,23). The Morgan fingerprint density at radius 3 is 2.50 bits per heavy atom. The Balaban J connectivity index is 1.48. The maximum absolute atomic E-state index is 12.0. The van der Waals surface area contributed by atoms with Crippen LogP contribution in [0.3, 0.4) is 0 Å². The van der Waals surface area contributed by atoms with Gasteiger partial charge < -0.3 is 20.4 Å². The number of nitrogens with zero attached hydrogens (tertiary/aromatic N) is 2. The molecule has 0 unspecified atom stereocenters. The largest absolute Gasteiger partial charge is 0.459 e. The molecule has 3 aromatic rings. The molecule has 2 heterocycles. The maximum atomic E-state index is 12.0. The first-order chi connectivity index (χ1) is 13.5. The van der Waals surface area contributed by atoms with E-state index in [0.717, 1.165) is 16.3 Å². The Hall–Kier alpha value is -3.13. The van der Waals surface area contributed by atoms with Crippen LogP contribution in [0.2, 0.25) is 0 Å². The van der Waals surface area contributed by atoms with Gasteiger partial charge in [0.25, 0.3) is 5.91 Å². The van der Waals surface area contributed by atoms with E-state index >= 15 is 0 Å². The van der Waals surface area contributed by atoms with Gasteiger partial charge in [-0.05, 0) is 43.7 Å². The Morgan fingerprint density at radius 2 is 1.89 bits per heavy atom. The van der Waals surface area contributed by atoms with Crippen LogP contribution >= 0.6 is 11.3 Å². The van der Waals surface area contributed by atoms with Crippen LogP contribution in [0.4, 0.5) is 5.69 Å². The first kappa shape index (κ1) is 19.6. The fraction of sp³-hybridized carbons (Fsp3) is 0.250. The molecular formula is C20H23N5O2S. The van der Waals surface area contributed by atoms with Crippen LogP contribution < -0.4 is 16.0 Å². The van der Waals surface area contributed by atoms with Gasteiger partial charge in [0.05, 0.1) is 18.5 Å². The number of hydrogen-bond donors (Lipinski definition) is 3. The normalized spacial score (nSPS) is 11.3. The lowest BCUT2D eigenvalue weighted by Crippen LogP contribution is -2.36. The van der Waals surface area contributed by atoms with Gasteiger partial charge >= 0.3 is 0 Å². The van der Waals surface area contributed by atoms with E-state index in [1.54, 1.807) is 30.5 Å². The Kier molecular flexibility index (Phi) is 6.44. The predicted molar refractivity (Wildman–Crippen MR) is 112 cm³/mol. The minimum absolute atomic E-state index is 0.270. The lowest BCUT2D eigenvalue weighted by atomic mass is 10.2. The molecule has 0 aliphatic rings. The molecular weight excluding hydrogens is 374 g/mol. The third-order valence-electron chi connectivity index (χ3n) is 4.12. The van der Waals surface area contributed by atoms with Gasteiger partial charge in [-0.2, -0.15) is 0 Å².